The van der Waals surface area contributed by atoms with Crippen LogP contribution in [0.1, 0.15) is 33.0 Å². The van der Waals surface area contributed by atoms with Crippen LogP contribution in [-0.2, 0) is 12.8 Å². The Labute approximate surface area is 132 Å². The maximum atomic E-state index is 6.25. The van der Waals surface area contributed by atoms with Crippen molar-refractivity contribution < 1.29 is 0 Å². The molecule has 0 aliphatic rings. The van der Waals surface area contributed by atoms with Crippen LogP contribution in [0.5, 0.6) is 0 Å². The lowest BCUT2D eigenvalue weighted by atomic mass is 10.0. The highest BCUT2D eigenvalue weighted by Gasteiger charge is 2.11. The van der Waals surface area contributed by atoms with E-state index in [1.807, 2.05) is 25.1 Å². The highest BCUT2D eigenvalue weighted by atomic mass is 32.1. The molecule has 0 aliphatic carbocycles. The molecule has 21 heavy (non-hydrogen) atoms. The third-order valence-corrected chi connectivity index (χ3v) is 5.09. The molecule has 5 heteroatoms. The van der Waals surface area contributed by atoms with Crippen LogP contribution in [0.4, 0.5) is 0 Å². The molecule has 3 rings (SSSR count). The van der Waals surface area contributed by atoms with Crippen LogP contribution in [0.15, 0.2) is 41.1 Å². The van der Waals surface area contributed by atoms with Crippen molar-refractivity contribution in [1.29, 1.82) is 0 Å². The number of hydrogen-bond donors (Lipinski definition) is 1. The average Bonchev–Trinajstić information content (AvgIpc) is 3.09. The van der Waals surface area contributed by atoms with E-state index >= 15 is 0 Å². The normalized spacial score (nSPS) is 12.5. The minimum absolute atomic E-state index is 0.00302. The predicted octanol–water partition coefficient (Wildman–Crippen LogP) is 3.74. The Hall–Kier alpha value is -1.56. The zero-order valence-electron chi connectivity index (χ0n) is 11.8. The number of nitrogens with zero attached hydrogens (tertiary/aromatic N) is 2. The number of aromatic nitrogens is 2. The second kappa shape index (κ2) is 6.47. The minimum atomic E-state index is 0.00302. The van der Waals surface area contributed by atoms with Gasteiger partial charge in [-0.15, -0.1) is 22.7 Å². The van der Waals surface area contributed by atoms with Gasteiger partial charge in [-0.3, -0.25) is 0 Å². The second-order valence-corrected chi connectivity index (χ2v) is 6.90. The van der Waals surface area contributed by atoms with Crippen molar-refractivity contribution in [3.8, 4) is 0 Å². The molecule has 2 aromatic heterocycles. The van der Waals surface area contributed by atoms with Crippen molar-refractivity contribution in [2.45, 2.75) is 25.8 Å². The molecule has 0 bridgehead atoms. The largest absolute Gasteiger partial charge is 0.324 e. The van der Waals surface area contributed by atoms with E-state index in [9.17, 15) is 0 Å². The first-order valence-electron chi connectivity index (χ1n) is 6.85. The Kier molecular flexibility index (Phi) is 4.43. The number of nitrogens with two attached hydrogens (primary N) is 1. The minimum Gasteiger partial charge on any atom is -0.324 e. The number of benzene rings is 1. The van der Waals surface area contributed by atoms with Gasteiger partial charge in [0.05, 0.1) is 22.1 Å². The molecule has 2 N–H and O–H groups in total. The maximum Gasteiger partial charge on any atom is 0.0996 e. The van der Waals surface area contributed by atoms with E-state index in [4.69, 9.17) is 5.73 Å². The number of thiazole rings is 2. The lowest BCUT2D eigenvalue weighted by molar-refractivity contribution is 0.708. The third-order valence-electron chi connectivity index (χ3n) is 3.23. The quantitative estimate of drug-likeness (QED) is 0.780. The summed E-state index contributed by atoms with van der Waals surface area (Å²) in [5, 5.41) is 6.42. The average molecular weight is 315 g/mol. The van der Waals surface area contributed by atoms with E-state index in [1.165, 1.54) is 0 Å². The zero-order chi connectivity index (χ0) is 14.7. The van der Waals surface area contributed by atoms with Gasteiger partial charge in [-0.25, -0.2) is 9.97 Å². The SMILES string of the molecule is Cc1csc(Cc2nc(CC(N)c3ccccc3)cs2)n1. The van der Waals surface area contributed by atoms with Crippen molar-refractivity contribution in [2.24, 2.45) is 5.73 Å². The van der Waals surface area contributed by atoms with Crippen LogP contribution in [0.3, 0.4) is 0 Å². The first-order chi connectivity index (χ1) is 10.2. The van der Waals surface area contributed by atoms with Gasteiger partial charge in [0.2, 0.25) is 0 Å². The molecule has 1 unspecified atom stereocenters. The standard InChI is InChI=1S/C16H17N3S2/c1-11-9-20-15(18-11)8-16-19-13(10-21-16)7-14(17)12-5-3-2-4-6-12/h2-6,9-10,14H,7-8,17H2,1H3. The molecule has 1 aromatic carbocycles. The smallest absolute Gasteiger partial charge is 0.0996 e. The maximum absolute atomic E-state index is 6.25. The molecule has 0 amide bonds. The Bertz CT molecular complexity index is 703. The van der Waals surface area contributed by atoms with E-state index in [0.717, 1.165) is 39.8 Å². The molecular formula is C16H17N3S2. The lowest BCUT2D eigenvalue weighted by Crippen LogP contribution is -2.13. The molecule has 0 saturated heterocycles. The lowest BCUT2D eigenvalue weighted by Gasteiger charge is -2.09. The molecule has 0 radical (unpaired) electrons. The fraction of sp³-hybridized carbons (Fsp3) is 0.250. The first-order valence-corrected chi connectivity index (χ1v) is 8.61. The van der Waals surface area contributed by atoms with Gasteiger partial charge in [-0.05, 0) is 12.5 Å². The summed E-state index contributed by atoms with van der Waals surface area (Å²) in [5.41, 5.74) is 9.55. The summed E-state index contributed by atoms with van der Waals surface area (Å²) >= 11 is 3.39. The van der Waals surface area contributed by atoms with E-state index in [0.29, 0.717) is 0 Å². The van der Waals surface area contributed by atoms with Gasteiger partial charge in [0.15, 0.2) is 0 Å². The summed E-state index contributed by atoms with van der Waals surface area (Å²) in [6.45, 7) is 2.02. The van der Waals surface area contributed by atoms with Gasteiger partial charge in [-0.1, -0.05) is 30.3 Å². The van der Waals surface area contributed by atoms with Crippen LogP contribution in [0, 0.1) is 6.92 Å². The van der Waals surface area contributed by atoms with Crippen LogP contribution < -0.4 is 5.73 Å². The van der Waals surface area contributed by atoms with Crippen LogP contribution in [0.2, 0.25) is 0 Å². The van der Waals surface area contributed by atoms with Crippen molar-refractivity contribution >= 4 is 22.7 Å². The summed E-state index contributed by atoms with van der Waals surface area (Å²) in [6, 6.07) is 10.2. The van der Waals surface area contributed by atoms with Gasteiger partial charge in [0, 0.05) is 28.9 Å². The van der Waals surface area contributed by atoms with Gasteiger partial charge in [-0.2, -0.15) is 0 Å². The van der Waals surface area contributed by atoms with Crippen molar-refractivity contribution in [3.63, 3.8) is 0 Å². The molecule has 0 spiro atoms. The summed E-state index contributed by atoms with van der Waals surface area (Å²) < 4.78 is 0. The first kappa shape index (κ1) is 14.4. The van der Waals surface area contributed by atoms with Crippen molar-refractivity contribution in [3.05, 3.63) is 68.1 Å². The topological polar surface area (TPSA) is 51.8 Å². The van der Waals surface area contributed by atoms with E-state index in [-0.39, 0.29) is 6.04 Å². The Morgan fingerprint density at radius 1 is 1.05 bits per heavy atom. The summed E-state index contributed by atoms with van der Waals surface area (Å²) in [5.74, 6) is 0. The fourth-order valence-corrected chi connectivity index (χ4v) is 3.86. The Morgan fingerprint density at radius 3 is 2.48 bits per heavy atom. The predicted molar refractivity (Wildman–Crippen MR) is 88.8 cm³/mol. The van der Waals surface area contributed by atoms with Gasteiger partial charge < -0.3 is 5.73 Å². The van der Waals surface area contributed by atoms with Gasteiger partial charge in [0.25, 0.3) is 0 Å². The van der Waals surface area contributed by atoms with E-state index in [2.05, 4.69) is 32.9 Å². The van der Waals surface area contributed by atoms with Crippen LogP contribution in [-0.4, -0.2) is 9.97 Å². The van der Waals surface area contributed by atoms with Gasteiger partial charge >= 0.3 is 0 Å². The highest BCUT2D eigenvalue weighted by Crippen LogP contribution is 2.21. The zero-order valence-corrected chi connectivity index (χ0v) is 13.5. The molecule has 1 atom stereocenters. The molecule has 2 heterocycles. The number of hydrogen-bond acceptors (Lipinski definition) is 5. The summed E-state index contributed by atoms with van der Waals surface area (Å²) in [4.78, 5) is 9.17. The van der Waals surface area contributed by atoms with Crippen molar-refractivity contribution in [1.82, 2.24) is 9.97 Å². The molecule has 0 aliphatic heterocycles. The molecular weight excluding hydrogens is 298 g/mol. The van der Waals surface area contributed by atoms with E-state index < -0.39 is 0 Å². The summed E-state index contributed by atoms with van der Waals surface area (Å²) in [7, 11) is 0. The molecule has 3 nitrogen and oxygen atoms in total. The highest BCUT2D eigenvalue weighted by molar-refractivity contribution is 7.11. The molecule has 0 fully saturated rings. The number of aryl methyl sites for hydroxylation is 1. The van der Waals surface area contributed by atoms with Crippen LogP contribution in [0.25, 0.3) is 0 Å². The molecule has 0 saturated carbocycles. The number of rotatable bonds is 5. The van der Waals surface area contributed by atoms with Crippen LogP contribution >= 0.6 is 22.7 Å². The Balaban J connectivity index is 1.65. The monoisotopic (exact) mass is 315 g/mol. The third kappa shape index (κ3) is 3.75. The second-order valence-electron chi connectivity index (χ2n) is 5.01. The van der Waals surface area contributed by atoms with Gasteiger partial charge in [0.1, 0.15) is 0 Å². The Morgan fingerprint density at radius 2 is 1.76 bits per heavy atom. The van der Waals surface area contributed by atoms with Crippen molar-refractivity contribution in [2.75, 3.05) is 0 Å². The summed E-state index contributed by atoms with van der Waals surface area (Å²) in [6.07, 6.45) is 1.60. The molecule has 3 aromatic rings. The molecule has 108 valence electrons. The fourth-order valence-electron chi connectivity index (χ4n) is 2.18. The van der Waals surface area contributed by atoms with E-state index in [1.54, 1.807) is 22.7 Å².